The van der Waals surface area contributed by atoms with Crippen LogP contribution in [0.2, 0.25) is 0 Å². The van der Waals surface area contributed by atoms with E-state index in [9.17, 15) is 5.26 Å². The molecular formula is C44H36N4. The smallest absolute Gasteiger partial charge is 0.164 e. The summed E-state index contributed by atoms with van der Waals surface area (Å²) in [6, 6.07) is 46.3. The van der Waals surface area contributed by atoms with Crippen molar-refractivity contribution >= 4 is 0 Å². The van der Waals surface area contributed by atoms with Crippen molar-refractivity contribution in [2.75, 3.05) is 0 Å². The molecule has 4 aliphatic carbocycles. The lowest BCUT2D eigenvalue weighted by molar-refractivity contribution is -0.00518. The van der Waals surface area contributed by atoms with Crippen molar-refractivity contribution in [1.82, 2.24) is 15.0 Å². The van der Waals surface area contributed by atoms with Gasteiger partial charge in [-0.15, -0.1) is 0 Å². The van der Waals surface area contributed by atoms with Gasteiger partial charge >= 0.3 is 0 Å². The largest absolute Gasteiger partial charge is 0.208 e. The van der Waals surface area contributed by atoms with Gasteiger partial charge in [0.15, 0.2) is 17.5 Å². The predicted octanol–water partition coefficient (Wildman–Crippen LogP) is 10.5. The van der Waals surface area contributed by atoms with Crippen LogP contribution in [-0.2, 0) is 5.41 Å². The molecule has 0 amide bonds. The fraction of sp³-hybridized carbons (Fsp3) is 0.227. The Morgan fingerprint density at radius 1 is 0.458 bits per heavy atom. The van der Waals surface area contributed by atoms with Gasteiger partial charge in [-0.2, -0.15) is 5.26 Å². The maximum atomic E-state index is 9.62. The molecule has 0 radical (unpaired) electrons. The molecule has 0 atom stereocenters. The van der Waals surface area contributed by atoms with E-state index in [2.05, 4.69) is 84.9 Å². The van der Waals surface area contributed by atoms with Gasteiger partial charge in [0, 0.05) is 16.7 Å². The van der Waals surface area contributed by atoms with Gasteiger partial charge in [-0.05, 0) is 120 Å². The van der Waals surface area contributed by atoms with E-state index in [4.69, 9.17) is 15.0 Å². The summed E-state index contributed by atoms with van der Waals surface area (Å²) in [6.07, 6.45) is 8.40. The molecule has 0 spiro atoms. The highest BCUT2D eigenvalue weighted by Crippen LogP contribution is 2.60. The molecule has 6 aromatic rings. The maximum Gasteiger partial charge on any atom is 0.164 e. The lowest BCUT2D eigenvalue weighted by atomic mass is 9.48. The molecule has 4 nitrogen and oxygen atoms in total. The zero-order valence-electron chi connectivity index (χ0n) is 26.9. The maximum absolute atomic E-state index is 9.62. The Bertz CT molecular complexity index is 2130. The second-order valence-electron chi connectivity index (χ2n) is 14.3. The van der Waals surface area contributed by atoms with Gasteiger partial charge in [-0.25, -0.2) is 15.0 Å². The van der Waals surface area contributed by atoms with Crippen LogP contribution in [0.25, 0.3) is 56.4 Å². The average Bonchev–Trinajstić information content (AvgIpc) is 3.15. The van der Waals surface area contributed by atoms with Crippen LogP contribution in [0.15, 0.2) is 127 Å². The second-order valence-corrected chi connectivity index (χ2v) is 14.3. The van der Waals surface area contributed by atoms with Crippen molar-refractivity contribution in [2.45, 2.75) is 43.9 Å². The van der Waals surface area contributed by atoms with Crippen LogP contribution in [-0.4, -0.2) is 15.0 Å². The number of nitrogens with zero attached hydrogens (tertiary/aromatic N) is 4. The summed E-state index contributed by atoms with van der Waals surface area (Å²) < 4.78 is 0. The Hall–Kier alpha value is -5.40. The summed E-state index contributed by atoms with van der Waals surface area (Å²) in [5.74, 6) is 4.69. The Kier molecular flexibility index (Phi) is 7.01. The van der Waals surface area contributed by atoms with Crippen LogP contribution in [0.5, 0.6) is 0 Å². The third kappa shape index (κ3) is 5.30. The number of nitriles is 1. The third-order valence-corrected chi connectivity index (χ3v) is 11.1. The van der Waals surface area contributed by atoms with E-state index in [0.29, 0.717) is 28.5 Å². The summed E-state index contributed by atoms with van der Waals surface area (Å²) in [7, 11) is 0. The molecule has 4 aliphatic rings. The van der Waals surface area contributed by atoms with Crippen LogP contribution < -0.4 is 0 Å². The minimum Gasteiger partial charge on any atom is -0.208 e. The quantitative estimate of drug-likeness (QED) is 0.186. The number of rotatable bonds is 6. The summed E-state index contributed by atoms with van der Waals surface area (Å²) in [5, 5.41) is 9.62. The molecular weight excluding hydrogens is 585 g/mol. The monoisotopic (exact) mass is 620 g/mol. The number of aromatic nitrogens is 3. The zero-order chi connectivity index (χ0) is 32.1. The Morgan fingerprint density at radius 2 is 0.938 bits per heavy atom. The van der Waals surface area contributed by atoms with Crippen molar-refractivity contribution in [2.24, 2.45) is 17.8 Å². The van der Waals surface area contributed by atoms with Crippen LogP contribution in [0, 0.1) is 29.1 Å². The fourth-order valence-corrected chi connectivity index (χ4v) is 9.28. The van der Waals surface area contributed by atoms with Crippen LogP contribution >= 0.6 is 0 Å². The lowest BCUT2D eigenvalue weighted by Gasteiger charge is -2.57. The number of hydrogen-bond donors (Lipinski definition) is 0. The Morgan fingerprint density at radius 3 is 1.52 bits per heavy atom. The SMILES string of the molecule is N#Cc1cccc(-c2cc(-c3ccccc3)cc(-c3nc(-c4ccccc4)nc(-c4ccc(C56CC7CC(CC(C7)C5)C6)cc4)n3)c2)c1. The van der Waals surface area contributed by atoms with Gasteiger partial charge in [0.1, 0.15) is 0 Å². The van der Waals surface area contributed by atoms with E-state index >= 15 is 0 Å². The molecule has 1 heterocycles. The second kappa shape index (κ2) is 11.7. The van der Waals surface area contributed by atoms with E-state index in [1.165, 1.54) is 44.1 Å². The van der Waals surface area contributed by atoms with Crippen LogP contribution in [0.3, 0.4) is 0 Å². The Labute approximate surface area is 282 Å². The van der Waals surface area contributed by atoms with Gasteiger partial charge in [-0.3, -0.25) is 0 Å². The van der Waals surface area contributed by atoms with E-state index in [-0.39, 0.29) is 0 Å². The third-order valence-electron chi connectivity index (χ3n) is 11.1. The van der Waals surface area contributed by atoms with Crippen molar-refractivity contribution in [3.8, 4) is 62.5 Å². The van der Waals surface area contributed by atoms with E-state index in [1.807, 2.05) is 48.5 Å². The number of benzene rings is 5. The van der Waals surface area contributed by atoms with E-state index in [1.54, 1.807) is 0 Å². The lowest BCUT2D eigenvalue weighted by Crippen LogP contribution is -2.48. The van der Waals surface area contributed by atoms with Gasteiger partial charge < -0.3 is 0 Å². The average molecular weight is 621 g/mol. The molecule has 1 aromatic heterocycles. The van der Waals surface area contributed by atoms with Crippen molar-refractivity contribution in [3.05, 3.63) is 139 Å². The first-order valence-corrected chi connectivity index (χ1v) is 17.2. The van der Waals surface area contributed by atoms with Gasteiger partial charge in [-0.1, -0.05) is 97.1 Å². The van der Waals surface area contributed by atoms with Crippen molar-refractivity contribution in [1.29, 1.82) is 5.26 Å². The summed E-state index contributed by atoms with van der Waals surface area (Å²) in [4.78, 5) is 15.3. The van der Waals surface area contributed by atoms with E-state index in [0.717, 1.165) is 56.7 Å². The number of hydrogen-bond acceptors (Lipinski definition) is 4. The van der Waals surface area contributed by atoms with Gasteiger partial charge in [0.05, 0.1) is 11.6 Å². The topological polar surface area (TPSA) is 62.5 Å². The fourth-order valence-electron chi connectivity index (χ4n) is 9.28. The van der Waals surface area contributed by atoms with Crippen LogP contribution in [0.4, 0.5) is 0 Å². The molecule has 4 bridgehead atoms. The summed E-state index contributed by atoms with van der Waals surface area (Å²) in [5.41, 5.74) is 9.50. The minimum absolute atomic E-state index is 0.351. The molecule has 0 N–H and O–H groups in total. The first-order valence-electron chi connectivity index (χ1n) is 17.2. The summed E-state index contributed by atoms with van der Waals surface area (Å²) in [6.45, 7) is 0. The standard InChI is InChI=1S/C44H36N4/c45-28-29-8-7-13-36(21-29)38-22-37(33-9-3-1-4-10-33)23-39(24-38)43-47-41(34-11-5-2-6-12-34)46-42(48-43)35-14-16-40(17-15-35)44-25-30-18-31(26-44)20-32(19-30)27-44/h1-17,21-24,30-32H,18-20,25-27H2. The molecule has 0 saturated heterocycles. The van der Waals surface area contributed by atoms with Gasteiger partial charge in [0.25, 0.3) is 0 Å². The first-order chi connectivity index (χ1) is 23.6. The normalized spacial score (nSPS) is 22.4. The van der Waals surface area contributed by atoms with Crippen molar-refractivity contribution in [3.63, 3.8) is 0 Å². The molecule has 0 aliphatic heterocycles. The molecule has 5 aromatic carbocycles. The molecule has 4 fully saturated rings. The Balaban J connectivity index is 1.17. The highest BCUT2D eigenvalue weighted by atomic mass is 15.0. The minimum atomic E-state index is 0.351. The van der Waals surface area contributed by atoms with Crippen molar-refractivity contribution < 1.29 is 0 Å². The molecule has 0 unspecified atom stereocenters. The molecule has 48 heavy (non-hydrogen) atoms. The highest BCUT2D eigenvalue weighted by Gasteiger charge is 2.51. The molecule has 10 rings (SSSR count). The highest BCUT2D eigenvalue weighted by molar-refractivity contribution is 5.80. The molecule has 232 valence electrons. The zero-order valence-corrected chi connectivity index (χ0v) is 26.9. The summed E-state index contributed by atoms with van der Waals surface area (Å²) >= 11 is 0. The van der Waals surface area contributed by atoms with E-state index < -0.39 is 0 Å². The van der Waals surface area contributed by atoms with Gasteiger partial charge in [0.2, 0.25) is 0 Å². The molecule has 4 saturated carbocycles. The predicted molar refractivity (Wildman–Crippen MR) is 192 cm³/mol. The molecule has 4 heteroatoms. The first kappa shape index (κ1) is 28.8. The van der Waals surface area contributed by atoms with Crippen LogP contribution in [0.1, 0.15) is 49.7 Å².